The molecule has 1 aromatic carbocycles. The highest BCUT2D eigenvalue weighted by molar-refractivity contribution is 5.43. The van der Waals surface area contributed by atoms with Crippen molar-refractivity contribution in [3.8, 4) is 11.5 Å². The van der Waals surface area contributed by atoms with Crippen LogP contribution in [0.1, 0.15) is 17.4 Å². The summed E-state index contributed by atoms with van der Waals surface area (Å²) in [6.45, 7) is 0. The zero-order valence-electron chi connectivity index (χ0n) is 10.5. The van der Waals surface area contributed by atoms with E-state index in [2.05, 4.69) is 9.97 Å². The van der Waals surface area contributed by atoms with Gasteiger partial charge in [-0.05, 0) is 17.7 Å². The molecule has 1 atom stereocenters. The van der Waals surface area contributed by atoms with E-state index in [1.54, 1.807) is 26.6 Å². The molecule has 5 nitrogen and oxygen atoms in total. The lowest BCUT2D eigenvalue weighted by Crippen LogP contribution is -2.14. The summed E-state index contributed by atoms with van der Waals surface area (Å²) in [7, 11) is 3.22. The van der Waals surface area contributed by atoms with E-state index in [9.17, 15) is 0 Å². The molecule has 1 aromatic heterocycles. The predicted molar refractivity (Wildman–Crippen MR) is 68.8 cm³/mol. The third kappa shape index (κ3) is 2.62. The van der Waals surface area contributed by atoms with Crippen LogP contribution in [0, 0.1) is 0 Å². The molecule has 2 rings (SSSR count). The van der Waals surface area contributed by atoms with Crippen LogP contribution in [0.2, 0.25) is 0 Å². The van der Waals surface area contributed by atoms with Crippen LogP contribution >= 0.6 is 0 Å². The summed E-state index contributed by atoms with van der Waals surface area (Å²) < 4.78 is 10.5. The quantitative estimate of drug-likeness (QED) is 0.843. The number of hydrogen-bond acceptors (Lipinski definition) is 4. The largest absolute Gasteiger partial charge is 0.493 e. The summed E-state index contributed by atoms with van der Waals surface area (Å²) in [5.74, 6) is 2.26. The van der Waals surface area contributed by atoms with Crippen LogP contribution < -0.4 is 15.2 Å². The molecule has 0 bridgehead atoms. The molecule has 3 N–H and O–H groups in total. The summed E-state index contributed by atoms with van der Waals surface area (Å²) in [6.07, 6.45) is 4.16. The van der Waals surface area contributed by atoms with Gasteiger partial charge in [-0.3, -0.25) is 0 Å². The van der Waals surface area contributed by atoms with Crippen molar-refractivity contribution in [2.45, 2.75) is 12.5 Å². The first-order valence-electron chi connectivity index (χ1n) is 5.70. The molecule has 1 heterocycles. The first-order chi connectivity index (χ1) is 8.74. The van der Waals surface area contributed by atoms with Gasteiger partial charge in [0, 0.05) is 24.9 Å². The standard InChI is InChI=1S/C13H17N3O2/c1-17-11-4-3-9(7-12(11)18-2)10(14)8-13-15-5-6-16-13/h3-7,10H,8,14H2,1-2H3,(H,15,16). The molecule has 5 heteroatoms. The average Bonchev–Trinajstić information content (AvgIpc) is 2.90. The molecule has 0 radical (unpaired) electrons. The number of rotatable bonds is 5. The normalized spacial score (nSPS) is 12.2. The molecule has 96 valence electrons. The number of aromatic amines is 1. The number of benzene rings is 1. The lowest BCUT2D eigenvalue weighted by Gasteiger charge is -2.14. The van der Waals surface area contributed by atoms with Crippen molar-refractivity contribution < 1.29 is 9.47 Å². The molecule has 1 unspecified atom stereocenters. The van der Waals surface area contributed by atoms with E-state index in [1.165, 1.54) is 0 Å². The molecule has 2 aromatic rings. The van der Waals surface area contributed by atoms with Crippen molar-refractivity contribution >= 4 is 0 Å². The summed E-state index contributed by atoms with van der Waals surface area (Å²) in [5.41, 5.74) is 7.13. The zero-order valence-corrected chi connectivity index (χ0v) is 10.5. The van der Waals surface area contributed by atoms with Crippen molar-refractivity contribution in [2.75, 3.05) is 14.2 Å². The minimum atomic E-state index is -0.129. The lowest BCUT2D eigenvalue weighted by molar-refractivity contribution is 0.354. The number of nitrogens with zero attached hydrogens (tertiary/aromatic N) is 1. The molecule has 0 saturated carbocycles. The SMILES string of the molecule is COc1ccc(C(N)Cc2ncc[nH]2)cc1OC. The summed E-state index contributed by atoms with van der Waals surface area (Å²) in [4.78, 5) is 7.21. The number of aromatic nitrogens is 2. The topological polar surface area (TPSA) is 73.2 Å². The monoisotopic (exact) mass is 247 g/mol. The fraction of sp³-hybridized carbons (Fsp3) is 0.308. The van der Waals surface area contributed by atoms with Gasteiger partial charge < -0.3 is 20.2 Å². The zero-order chi connectivity index (χ0) is 13.0. The second kappa shape index (κ2) is 5.55. The average molecular weight is 247 g/mol. The number of ether oxygens (including phenoxy) is 2. The van der Waals surface area contributed by atoms with Crippen molar-refractivity contribution in [1.29, 1.82) is 0 Å². The van der Waals surface area contributed by atoms with E-state index in [4.69, 9.17) is 15.2 Å². The van der Waals surface area contributed by atoms with Crippen LogP contribution in [0.15, 0.2) is 30.6 Å². The molecule has 0 fully saturated rings. The second-order valence-electron chi connectivity index (χ2n) is 3.96. The highest BCUT2D eigenvalue weighted by Crippen LogP contribution is 2.29. The van der Waals surface area contributed by atoms with E-state index < -0.39 is 0 Å². The Kier molecular flexibility index (Phi) is 3.84. The fourth-order valence-electron chi connectivity index (χ4n) is 1.82. The molecular formula is C13H17N3O2. The highest BCUT2D eigenvalue weighted by Gasteiger charge is 2.12. The van der Waals surface area contributed by atoms with Gasteiger partial charge in [-0.1, -0.05) is 6.07 Å². The van der Waals surface area contributed by atoms with Gasteiger partial charge in [-0.25, -0.2) is 4.98 Å². The Balaban J connectivity index is 2.17. The maximum absolute atomic E-state index is 6.14. The Bertz CT molecular complexity index is 497. The van der Waals surface area contributed by atoms with Gasteiger partial charge in [-0.15, -0.1) is 0 Å². The van der Waals surface area contributed by atoms with Crippen molar-refractivity contribution in [3.05, 3.63) is 42.0 Å². The number of nitrogens with two attached hydrogens (primary N) is 1. The first kappa shape index (κ1) is 12.4. The minimum Gasteiger partial charge on any atom is -0.493 e. The summed E-state index contributed by atoms with van der Waals surface area (Å²) in [5, 5.41) is 0. The van der Waals surface area contributed by atoms with Gasteiger partial charge >= 0.3 is 0 Å². The van der Waals surface area contributed by atoms with Gasteiger partial charge in [0.05, 0.1) is 14.2 Å². The van der Waals surface area contributed by atoms with Crippen LogP contribution in [0.5, 0.6) is 11.5 Å². The molecule has 0 amide bonds. The van der Waals surface area contributed by atoms with E-state index in [0.29, 0.717) is 17.9 Å². The van der Waals surface area contributed by atoms with Crippen molar-refractivity contribution in [2.24, 2.45) is 5.73 Å². The maximum Gasteiger partial charge on any atom is 0.161 e. The van der Waals surface area contributed by atoms with Gasteiger partial charge in [-0.2, -0.15) is 0 Å². The molecule has 0 aliphatic heterocycles. The Morgan fingerprint density at radius 1 is 1.28 bits per heavy atom. The third-order valence-electron chi connectivity index (χ3n) is 2.80. The van der Waals surface area contributed by atoms with E-state index >= 15 is 0 Å². The molecule has 0 aliphatic carbocycles. The number of imidazole rings is 1. The van der Waals surface area contributed by atoms with Crippen molar-refractivity contribution in [3.63, 3.8) is 0 Å². The number of nitrogens with one attached hydrogen (secondary N) is 1. The van der Waals surface area contributed by atoms with E-state index in [-0.39, 0.29) is 6.04 Å². The third-order valence-corrected chi connectivity index (χ3v) is 2.80. The van der Waals surface area contributed by atoms with E-state index in [1.807, 2.05) is 18.2 Å². The minimum absolute atomic E-state index is 0.129. The molecule has 0 saturated heterocycles. The lowest BCUT2D eigenvalue weighted by atomic mass is 10.0. The van der Waals surface area contributed by atoms with Crippen LogP contribution in [0.4, 0.5) is 0 Å². The Morgan fingerprint density at radius 2 is 2.06 bits per heavy atom. The van der Waals surface area contributed by atoms with Crippen LogP contribution in [-0.2, 0) is 6.42 Å². The number of H-pyrrole nitrogens is 1. The van der Waals surface area contributed by atoms with Gasteiger partial charge in [0.25, 0.3) is 0 Å². The Morgan fingerprint density at radius 3 is 2.67 bits per heavy atom. The van der Waals surface area contributed by atoms with Gasteiger partial charge in [0.15, 0.2) is 11.5 Å². The second-order valence-corrected chi connectivity index (χ2v) is 3.96. The fourth-order valence-corrected chi connectivity index (χ4v) is 1.82. The van der Waals surface area contributed by atoms with Crippen LogP contribution in [0.3, 0.4) is 0 Å². The molecule has 18 heavy (non-hydrogen) atoms. The predicted octanol–water partition coefficient (Wildman–Crippen LogP) is 1.67. The Labute approximate surface area is 106 Å². The number of methoxy groups -OCH3 is 2. The highest BCUT2D eigenvalue weighted by atomic mass is 16.5. The number of hydrogen-bond donors (Lipinski definition) is 2. The maximum atomic E-state index is 6.14. The van der Waals surface area contributed by atoms with Gasteiger partial charge in [0.2, 0.25) is 0 Å². The molecule has 0 aliphatic rings. The van der Waals surface area contributed by atoms with Crippen molar-refractivity contribution in [1.82, 2.24) is 9.97 Å². The van der Waals surface area contributed by atoms with Gasteiger partial charge in [0.1, 0.15) is 5.82 Å². The van der Waals surface area contributed by atoms with Crippen LogP contribution in [-0.4, -0.2) is 24.2 Å². The molecular weight excluding hydrogens is 230 g/mol. The smallest absolute Gasteiger partial charge is 0.161 e. The summed E-state index contributed by atoms with van der Waals surface area (Å²) in [6, 6.07) is 5.56. The summed E-state index contributed by atoms with van der Waals surface area (Å²) >= 11 is 0. The first-order valence-corrected chi connectivity index (χ1v) is 5.70. The van der Waals surface area contributed by atoms with Crippen LogP contribution in [0.25, 0.3) is 0 Å². The molecule has 0 spiro atoms. The van der Waals surface area contributed by atoms with E-state index in [0.717, 1.165) is 11.4 Å². The Hall–Kier alpha value is -2.01.